The first-order valence-electron chi connectivity index (χ1n) is 47.7. The first-order chi connectivity index (χ1) is 69.9. The smallest absolute Gasteiger partial charge is 0.144 e. The highest BCUT2D eigenvalue weighted by molar-refractivity contribution is 7.27. The zero-order chi connectivity index (χ0) is 93.0. The van der Waals surface area contributed by atoms with Gasteiger partial charge >= 0.3 is 0 Å². The van der Waals surface area contributed by atoms with E-state index in [-0.39, 0.29) is 0 Å². The molecule has 6 heterocycles. The lowest BCUT2D eigenvalue weighted by Crippen LogP contribution is -2.11. The quantitative estimate of drug-likeness (QED) is 0.101. The van der Waals surface area contributed by atoms with Gasteiger partial charge in [0.1, 0.15) is 33.5 Å². The summed E-state index contributed by atoms with van der Waals surface area (Å²) in [6.45, 7) is 0. The number of hydrogen-bond donors (Lipinski definition) is 0. The third-order valence-corrected chi connectivity index (χ3v) is 31.3. The molecule has 0 radical (unpaired) electrons. The normalized spacial score (nSPS) is 11.7. The van der Waals surface area contributed by atoms with Gasteiger partial charge in [0.25, 0.3) is 0 Å². The summed E-state index contributed by atoms with van der Waals surface area (Å²) in [5.74, 6) is 0. The molecule has 141 heavy (non-hydrogen) atoms. The summed E-state index contributed by atoms with van der Waals surface area (Å²) in [6, 6.07) is 180. The molecule has 0 N–H and O–H groups in total. The number of fused-ring (bicyclic) bond motifs is 25. The van der Waals surface area contributed by atoms with E-state index in [1.807, 2.05) is 46.1 Å². The van der Waals surface area contributed by atoms with Crippen molar-refractivity contribution in [2.75, 3.05) is 14.7 Å². The van der Waals surface area contributed by atoms with E-state index in [1.54, 1.807) is 0 Å². The first kappa shape index (κ1) is 82.7. The van der Waals surface area contributed by atoms with Crippen LogP contribution in [0.25, 0.3) is 214 Å². The van der Waals surface area contributed by atoms with E-state index in [2.05, 4.69) is 506 Å². The summed E-state index contributed by atoms with van der Waals surface area (Å²) in [7, 11) is 0. The summed E-state index contributed by atoms with van der Waals surface area (Å²) in [5.41, 5.74) is 27.8. The van der Waals surface area contributed by atoms with Crippen molar-refractivity contribution < 1.29 is 13.3 Å². The SMILES string of the molecule is c1ccc(-c2ccc(-c3ccc(N(c4ccccc4)c4cc5c6ccccc6oc5c5c4sc4ccccc45)cc3)cc2)cc1.c1ccc(-c2cccc(-c3ccc(N(c4ccccc4)c4cc5c6ccccc6oc5c5c4sc4ccccc45)cc3)c2)cc1.c1ccc2c(-c3ccc(N(c4cc5ccccc5c5ccccc45)c4cc5c6ccccc6oc5c5c4sc4ccccc45)cc3)cccc2c1. The fourth-order valence-electron chi connectivity index (χ4n) is 21.1. The Bertz CT molecular complexity index is 9870. The van der Waals surface area contributed by atoms with Crippen molar-refractivity contribution in [2.45, 2.75) is 0 Å². The molecule has 0 saturated heterocycles. The van der Waals surface area contributed by atoms with Crippen LogP contribution in [0.15, 0.2) is 517 Å². The van der Waals surface area contributed by atoms with Gasteiger partial charge < -0.3 is 28.0 Å². The van der Waals surface area contributed by atoms with Gasteiger partial charge in [-0.1, -0.05) is 376 Å². The van der Waals surface area contributed by atoms with Crippen LogP contribution in [0, 0.1) is 0 Å². The van der Waals surface area contributed by atoms with E-state index in [0.29, 0.717) is 0 Å². The van der Waals surface area contributed by atoms with Crippen LogP contribution in [-0.2, 0) is 0 Å². The van der Waals surface area contributed by atoms with Crippen LogP contribution in [0.3, 0.4) is 0 Å². The van der Waals surface area contributed by atoms with Crippen molar-refractivity contribution in [2.24, 2.45) is 0 Å². The lowest BCUT2D eigenvalue weighted by molar-refractivity contribution is 0.672. The maximum Gasteiger partial charge on any atom is 0.144 e. The number of nitrogens with zero attached hydrogens (tertiary/aromatic N) is 3. The molecule has 0 aliphatic heterocycles. The van der Waals surface area contributed by atoms with Crippen LogP contribution in [-0.4, -0.2) is 0 Å². The molecule has 0 fully saturated rings. The topological polar surface area (TPSA) is 49.1 Å². The van der Waals surface area contributed by atoms with E-state index in [1.165, 1.54) is 148 Å². The van der Waals surface area contributed by atoms with Crippen LogP contribution in [0.4, 0.5) is 51.2 Å². The molecule has 29 rings (SSSR count). The predicted molar refractivity (Wildman–Crippen MR) is 604 cm³/mol. The highest BCUT2D eigenvalue weighted by Gasteiger charge is 2.30. The molecule has 0 aliphatic carbocycles. The Morgan fingerprint density at radius 2 is 0.440 bits per heavy atom. The first-order valence-corrected chi connectivity index (χ1v) is 50.2. The van der Waals surface area contributed by atoms with Gasteiger partial charge in [0, 0.05) is 113 Å². The molecule has 0 bridgehead atoms. The number of thiophene rings is 3. The third-order valence-electron chi connectivity index (χ3n) is 27.8. The molecule has 6 aromatic heterocycles. The van der Waals surface area contributed by atoms with E-state index in [4.69, 9.17) is 13.3 Å². The van der Waals surface area contributed by atoms with Gasteiger partial charge in [-0.15, -0.1) is 34.0 Å². The van der Waals surface area contributed by atoms with Gasteiger partial charge in [-0.25, -0.2) is 0 Å². The van der Waals surface area contributed by atoms with E-state index in [9.17, 15) is 0 Å². The molecule has 6 nitrogen and oxygen atoms in total. The van der Waals surface area contributed by atoms with Crippen LogP contribution in [0.1, 0.15) is 0 Å². The van der Waals surface area contributed by atoms with Crippen molar-refractivity contribution in [1.29, 1.82) is 0 Å². The highest BCUT2D eigenvalue weighted by Crippen LogP contribution is 2.56. The van der Waals surface area contributed by atoms with Gasteiger partial charge in [0.05, 0.1) is 36.8 Å². The van der Waals surface area contributed by atoms with Crippen molar-refractivity contribution in [3.05, 3.63) is 504 Å². The Morgan fingerprint density at radius 1 is 0.156 bits per heavy atom. The molecule has 0 atom stereocenters. The fraction of sp³-hybridized carbons (Fsp3) is 0. The average Bonchev–Trinajstić information content (AvgIpc) is 1.42. The van der Waals surface area contributed by atoms with Crippen molar-refractivity contribution in [1.82, 2.24) is 0 Å². The second-order valence-corrected chi connectivity index (χ2v) is 39.1. The second kappa shape index (κ2) is 34.8. The Kier molecular flexibility index (Phi) is 20.4. The molecule has 23 aromatic carbocycles. The summed E-state index contributed by atoms with van der Waals surface area (Å²) in [6.07, 6.45) is 0. The molecular formula is C132H83N3O3S3. The minimum absolute atomic E-state index is 0.906. The Balaban J connectivity index is 0.000000106. The van der Waals surface area contributed by atoms with Crippen LogP contribution >= 0.6 is 34.0 Å². The van der Waals surface area contributed by atoms with Gasteiger partial charge in [0.15, 0.2) is 0 Å². The van der Waals surface area contributed by atoms with Crippen LogP contribution in [0.2, 0.25) is 0 Å². The van der Waals surface area contributed by atoms with E-state index in [0.717, 1.165) is 117 Å². The molecule has 0 saturated carbocycles. The second-order valence-electron chi connectivity index (χ2n) is 35.9. The molecule has 29 aromatic rings. The highest BCUT2D eigenvalue weighted by atomic mass is 32.1. The summed E-state index contributed by atoms with van der Waals surface area (Å²) in [5, 5.41) is 21.4. The number of rotatable bonds is 14. The van der Waals surface area contributed by atoms with Gasteiger partial charge in [-0.05, 0) is 210 Å². The average molecular weight is 1860 g/mol. The lowest BCUT2D eigenvalue weighted by Gasteiger charge is -2.28. The maximum absolute atomic E-state index is 6.69. The monoisotopic (exact) mass is 1850 g/mol. The Labute approximate surface area is 824 Å². The minimum atomic E-state index is 0.906. The maximum atomic E-state index is 6.69. The third kappa shape index (κ3) is 14.5. The van der Waals surface area contributed by atoms with Crippen molar-refractivity contribution in [3.63, 3.8) is 0 Å². The van der Waals surface area contributed by atoms with E-state index >= 15 is 0 Å². The summed E-state index contributed by atoms with van der Waals surface area (Å²) in [4.78, 5) is 7.27. The molecular weight excluding hydrogens is 1770 g/mol. The summed E-state index contributed by atoms with van der Waals surface area (Å²) >= 11 is 5.50. The zero-order valence-corrected chi connectivity index (χ0v) is 78.7. The van der Waals surface area contributed by atoms with E-state index < -0.39 is 0 Å². The zero-order valence-electron chi connectivity index (χ0n) is 76.2. The number of para-hydroxylation sites is 5. The van der Waals surface area contributed by atoms with Gasteiger partial charge in [0.2, 0.25) is 0 Å². The van der Waals surface area contributed by atoms with Crippen LogP contribution < -0.4 is 14.7 Å². The Morgan fingerprint density at radius 3 is 0.879 bits per heavy atom. The van der Waals surface area contributed by atoms with Gasteiger partial charge in [-0.3, -0.25) is 0 Å². The molecule has 0 unspecified atom stereocenters. The molecule has 9 heteroatoms. The number of benzene rings is 23. The number of hydrogen-bond acceptors (Lipinski definition) is 9. The number of anilines is 9. The predicted octanol–water partition coefficient (Wildman–Crippen LogP) is 40.1. The largest absolute Gasteiger partial charge is 0.455 e. The van der Waals surface area contributed by atoms with Crippen LogP contribution in [0.5, 0.6) is 0 Å². The number of furan rings is 3. The fourth-order valence-corrected chi connectivity index (χ4v) is 24.8. The van der Waals surface area contributed by atoms with Crippen molar-refractivity contribution >= 4 is 244 Å². The summed E-state index contributed by atoms with van der Waals surface area (Å²) < 4.78 is 27.2. The Hall–Kier alpha value is -17.7. The standard InChI is InChI=1S/C48H29NOS.2C42H27NOS/c1-3-15-34-30(12-1)14-11-21-35(34)31-24-26-33(27-25-31)49(42-28-32-13-2-4-16-36(32)37-17-5-6-18-38(37)42)43-29-41-39-19-7-9-22-44(39)50-47(41)46-40-20-8-10-23-45(40)51-48(43)46;1-3-12-28(13-4-1)30-14-11-15-31(26-30)29-22-24-33(25-23-29)43(32-16-5-2-6-17-32)37-27-36-34-18-7-9-20-38(34)44-41(36)40-35-19-8-10-21-39(35)45-42(37)40;1-3-11-28(12-4-1)29-19-21-30(22-20-29)31-23-25-33(26-24-31)43(32-13-5-2-6-14-32)37-27-36-34-15-7-9-17-38(34)44-41(36)40-35-16-8-10-18-39(35)45-42(37)40/h1-29H;2*1-27H. The lowest BCUT2D eigenvalue weighted by atomic mass is 9.97. The van der Waals surface area contributed by atoms with Crippen molar-refractivity contribution in [3.8, 4) is 55.6 Å². The molecule has 0 aliphatic rings. The minimum Gasteiger partial charge on any atom is -0.455 e. The molecule has 662 valence electrons. The molecule has 0 amide bonds. The van der Waals surface area contributed by atoms with Gasteiger partial charge in [-0.2, -0.15) is 0 Å². The molecule has 0 spiro atoms.